The number of aliphatic imine (C=N–C) groups is 1. The third kappa shape index (κ3) is 6.69. The van der Waals surface area contributed by atoms with Gasteiger partial charge in [-0.3, -0.25) is 14.6 Å². The van der Waals surface area contributed by atoms with Gasteiger partial charge in [0.1, 0.15) is 0 Å². The molecule has 0 spiro atoms. The van der Waals surface area contributed by atoms with Crippen LogP contribution in [0, 0.1) is 0 Å². The van der Waals surface area contributed by atoms with Crippen LogP contribution in [0.2, 0.25) is 0 Å². The minimum Gasteiger partial charge on any atom is -0.356 e. The number of carbonyl (C=O) groups is 2. The van der Waals surface area contributed by atoms with Crippen LogP contribution in [-0.4, -0.2) is 55.9 Å². The summed E-state index contributed by atoms with van der Waals surface area (Å²) in [6.45, 7) is 4.76. The zero-order valence-electron chi connectivity index (χ0n) is 17.2. The summed E-state index contributed by atoms with van der Waals surface area (Å²) in [5, 5.41) is 11.5. The maximum Gasteiger partial charge on any atom is 0.254 e. The van der Waals surface area contributed by atoms with Crippen molar-refractivity contribution in [1.29, 1.82) is 0 Å². The molecule has 2 aromatic rings. The minimum atomic E-state index is -0.113. The molecular weight excluding hydrogens is 513 g/mol. The van der Waals surface area contributed by atoms with Gasteiger partial charge in [-0.15, -0.1) is 35.3 Å². The largest absolute Gasteiger partial charge is 0.356 e. The van der Waals surface area contributed by atoms with E-state index in [1.807, 2.05) is 12.1 Å². The van der Waals surface area contributed by atoms with Gasteiger partial charge in [-0.2, -0.15) is 0 Å². The molecule has 30 heavy (non-hydrogen) atoms. The van der Waals surface area contributed by atoms with Crippen molar-refractivity contribution in [2.24, 2.45) is 4.99 Å². The molecular formula is C21H28IN5O2S. The number of carbonyl (C=O) groups excluding carboxylic acids is 2. The first-order valence-corrected chi connectivity index (χ1v) is 10.6. The molecule has 0 bridgehead atoms. The van der Waals surface area contributed by atoms with E-state index in [9.17, 15) is 9.59 Å². The molecule has 1 saturated heterocycles. The quantitative estimate of drug-likeness (QED) is 0.298. The Bertz CT molecular complexity index is 855. The van der Waals surface area contributed by atoms with Crippen LogP contribution in [0.5, 0.6) is 0 Å². The summed E-state index contributed by atoms with van der Waals surface area (Å²) in [6, 6.07) is 11.7. The molecule has 2 amide bonds. The van der Waals surface area contributed by atoms with Crippen molar-refractivity contribution in [2.75, 3.05) is 33.2 Å². The Morgan fingerprint density at radius 1 is 1.27 bits per heavy atom. The topological polar surface area (TPSA) is 85.8 Å². The molecule has 2 heterocycles. The smallest absolute Gasteiger partial charge is 0.254 e. The number of hydrogen-bond donors (Lipinski definition) is 3. The Hall–Kier alpha value is -2.14. The summed E-state index contributed by atoms with van der Waals surface area (Å²) in [5.74, 6) is 0.931. The molecule has 3 rings (SSSR count). The second-order valence-corrected chi connectivity index (χ2v) is 7.98. The van der Waals surface area contributed by atoms with E-state index in [0.29, 0.717) is 31.1 Å². The van der Waals surface area contributed by atoms with Gasteiger partial charge in [-0.1, -0.05) is 25.1 Å². The molecule has 1 aromatic carbocycles. The number of benzene rings is 1. The van der Waals surface area contributed by atoms with Gasteiger partial charge in [0.15, 0.2) is 5.96 Å². The zero-order valence-corrected chi connectivity index (χ0v) is 20.3. The maximum absolute atomic E-state index is 12.5. The van der Waals surface area contributed by atoms with Gasteiger partial charge in [0.2, 0.25) is 5.91 Å². The monoisotopic (exact) mass is 541 g/mol. The molecule has 0 radical (unpaired) electrons. The van der Waals surface area contributed by atoms with Crippen LogP contribution in [0.25, 0.3) is 0 Å². The molecule has 7 nitrogen and oxygen atoms in total. The fraction of sp³-hybridized carbons (Fsp3) is 0.381. The third-order valence-electron chi connectivity index (χ3n) is 4.81. The van der Waals surface area contributed by atoms with Crippen molar-refractivity contribution >= 4 is 53.1 Å². The molecule has 162 valence electrons. The van der Waals surface area contributed by atoms with E-state index in [0.717, 1.165) is 18.1 Å². The van der Waals surface area contributed by atoms with Crippen LogP contribution in [0.4, 0.5) is 0 Å². The van der Waals surface area contributed by atoms with Crippen LogP contribution in [-0.2, 0) is 11.3 Å². The number of rotatable bonds is 6. The Labute approximate surface area is 198 Å². The molecule has 1 unspecified atom stereocenters. The van der Waals surface area contributed by atoms with Crippen LogP contribution in [0.3, 0.4) is 0 Å². The number of hydrogen-bond acceptors (Lipinski definition) is 4. The molecule has 9 heteroatoms. The third-order valence-corrected chi connectivity index (χ3v) is 5.92. The van der Waals surface area contributed by atoms with E-state index >= 15 is 0 Å². The number of halogens is 1. The van der Waals surface area contributed by atoms with Gasteiger partial charge in [0, 0.05) is 49.6 Å². The average Bonchev–Trinajstić information content (AvgIpc) is 3.28. The summed E-state index contributed by atoms with van der Waals surface area (Å²) in [5.41, 5.74) is 1.64. The molecule has 1 aliphatic rings. The Morgan fingerprint density at radius 3 is 2.67 bits per heavy atom. The first-order chi connectivity index (χ1) is 14.1. The van der Waals surface area contributed by atoms with Gasteiger partial charge in [-0.25, -0.2) is 0 Å². The number of nitrogens with one attached hydrogen (secondary N) is 3. The Morgan fingerprint density at radius 2 is 2.03 bits per heavy atom. The number of nitrogens with zero attached hydrogens (tertiary/aromatic N) is 2. The summed E-state index contributed by atoms with van der Waals surface area (Å²) in [7, 11) is 1.75. The van der Waals surface area contributed by atoms with E-state index < -0.39 is 0 Å². The lowest BCUT2D eigenvalue weighted by atomic mass is 10.1. The standard InChI is InChI=1S/C21H27N5O2S.HI/c1-15(18-4-3-11-29-18)12-24-21(22-2)25-13-16-5-7-17(8-6-16)20(28)26-10-9-23-19(27)14-26;/h3-8,11,15H,9-10,12-14H2,1-2H3,(H,23,27)(H2,22,24,25);1H. The predicted molar refractivity (Wildman–Crippen MR) is 132 cm³/mol. The average molecular weight is 541 g/mol. The molecule has 0 aliphatic carbocycles. The van der Waals surface area contributed by atoms with Crippen molar-refractivity contribution in [1.82, 2.24) is 20.9 Å². The highest BCUT2D eigenvalue weighted by atomic mass is 127. The summed E-state index contributed by atoms with van der Waals surface area (Å²) in [4.78, 5) is 31.2. The summed E-state index contributed by atoms with van der Waals surface area (Å²) in [6.07, 6.45) is 0. The van der Waals surface area contributed by atoms with Crippen molar-refractivity contribution in [3.05, 3.63) is 57.8 Å². The molecule has 1 fully saturated rings. The highest BCUT2D eigenvalue weighted by Gasteiger charge is 2.22. The van der Waals surface area contributed by atoms with E-state index in [1.165, 1.54) is 4.88 Å². The molecule has 1 aromatic heterocycles. The number of amides is 2. The Kier molecular flexibility index (Phi) is 9.57. The van der Waals surface area contributed by atoms with Crippen molar-refractivity contribution < 1.29 is 9.59 Å². The summed E-state index contributed by atoms with van der Waals surface area (Å²) < 4.78 is 0. The lowest BCUT2D eigenvalue weighted by Gasteiger charge is -2.26. The first kappa shape index (κ1) is 24.1. The highest BCUT2D eigenvalue weighted by Crippen LogP contribution is 2.19. The lowest BCUT2D eigenvalue weighted by Crippen LogP contribution is -2.49. The molecule has 1 atom stereocenters. The number of thiophene rings is 1. The van der Waals surface area contributed by atoms with E-state index in [-0.39, 0.29) is 42.3 Å². The zero-order chi connectivity index (χ0) is 20.6. The fourth-order valence-electron chi connectivity index (χ4n) is 3.09. The van der Waals surface area contributed by atoms with Crippen molar-refractivity contribution in [3.8, 4) is 0 Å². The van der Waals surface area contributed by atoms with Gasteiger partial charge < -0.3 is 20.9 Å². The number of piperazine rings is 1. The van der Waals surface area contributed by atoms with Gasteiger partial charge in [0.25, 0.3) is 5.91 Å². The van der Waals surface area contributed by atoms with Crippen LogP contribution in [0.15, 0.2) is 46.8 Å². The van der Waals surface area contributed by atoms with E-state index in [4.69, 9.17) is 0 Å². The van der Waals surface area contributed by atoms with Crippen molar-refractivity contribution in [2.45, 2.75) is 19.4 Å². The predicted octanol–water partition coefficient (Wildman–Crippen LogP) is 2.41. The molecule has 1 aliphatic heterocycles. The highest BCUT2D eigenvalue weighted by molar-refractivity contribution is 14.0. The SMILES string of the molecule is CN=C(NCc1ccc(C(=O)N2CCNC(=O)C2)cc1)NCC(C)c1cccs1.I. The van der Waals surface area contributed by atoms with Crippen LogP contribution in [0.1, 0.15) is 33.6 Å². The Balaban J connectivity index is 0.00000320. The molecule has 0 saturated carbocycles. The molecule has 3 N–H and O–H groups in total. The number of guanidine groups is 1. The lowest BCUT2D eigenvalue weighted by molar-refractivity contribution is -0.123. The van der Waals surface area contributed by atoms with Gasteiger partial charge in [-0.05, 0) is 29.1 Å². The van der Waals surface area contributed by atoms with Crippen LogP contribution >= 0.6 is 35.3 Å². The minimum absolute atomic E-state index is 0. The van der Waals surface area contributed by atoms with Crippen molar-refractivity contribution in [3.63, 3.8) is 0 Å². The van der Waals surface area contributed by atoms with E-state index in [2.05, 4.69) is 45.4 Å². The fourth-order valence-corrected chi connectivity index (χ4v) is 3.88. The first-order valence-electron chi connectivity index (χ1n) is 9.69. The second kappa shape index (κ2) is 11.9. The normalized spacial score (nSPS) is 15.1. The van der Waals surface area contributed by atoms with Crippen LogP contribution < -0.4 is 16.0 Å². The van der Waals surface area contributed by atoms with Gasteiger partial charge in [0.05, 0.1) is 6.54 Å². The second-order valence-electron chi connectivity index (χ2n) is 7.00. The maximum atomic E-state index is 12.5. The van der Waals surface area contributed by atoms with Gasteiger partial charge >= 0.3 is 0 Å². The summed E-state index contributed by atoms with van der Waals surface area (Å²) >= 11 is 1.76. The van der Waals surface area contributed by atoms with E-state index in [1.54, 1.807) is 35.4 Å².